The van der Waals surface area contributed by atoms with Crippen molar-refractivity contribution in [3.8, 4) is 0 Å². The van der Waals surface area contributed by atoms with Crippen LogP contribution in [0.5, 0.6) is 0 Å². The van der Waals surface area contributed by atoms with Crippen molar-refractivity contribution in [2.75, 3.05) is 18.4 Å². The van der Waals surface area contributed by atoms with Crippen molar-refractivity contribution in [1.29, 1.82) is 0 Å². The monoisotopic (exact) mass is 279 g/mol. The summed E-state index contributed by atoms with van der Waals surface area (Å²) in [5, 5.41) is 5.90. The van der Waals surface area contributed by atoms with Crippen LogP contribution in [0, 0.1) is 12.8 Å². The zero-order chi connectivity index (χ0) is 13.8. The smallest absolute Gasteiger partial charge is 0.223 e. The van der Waals surface area contributed by atoms with E-state index in [4.69, 9.17) is 18.0 Å². The molecular weight excluding hydrogens is 262 g/mol. The van der Waals surface area contributed by atoms with Crippen LogP contribution in [0.4, 0.5) is 5.95 Å². The Morgan fingerprint density at radius 3 is 2.84 bits per heavy atom. The minimum Gasteiger partial charge on any atom is -0.388 e. The van der Waals surface area contributed by atoms with E-state index in [2.05, 4.69) is 20.6 Å². The van der Waals surface area contributed by atoms with Gasteiger partial charge in [-0.3, -0.25) is 4.79 Å². The minimum atomic E-state index is 0.135. The van der Waals surface area contributed by atoms with Gasteiger partial charge in [0.2, 0.25) is 11.9 Å². The number of carbonyl (C=O) groups excluding carboxylic acids is 1. The van der Waals surface area contributed by atoms with Crippen LogP contribution in [-0.2, 0) is 4.79 Å². The van der Waals surface area contributed by atoms with Crippen LogP contribution in [0.25, 0.3) is 0 Å². The summed E-state index contributed by atoms with van der Waals surface area (Å²) in [7, 11) is 0. The quantitative estimate of drug-likeness (QED) is 0.514. The van der Waals surface area contributed by atoms with Crippen molar-refractivity contribution in [2.24, 2.45) is 11.7 Å². The van der Waals surface area contributed by atoms with E-state index in [-0.39, 0.29) is 16.8 Å². The van der Waals surface area contributed by atoms with Crippen LogP contribution >= 0.6 is 12.2 Å². The lowest BCUT2D eigenvalue weighted by atomic mass is 10.3. The van der Waals surface area contributed by atoms with E-state index in [1.165, 1.54) is 0 Å². The van der Waals surface area contributed by atoms with Gasteiger partial charge in [-0.2, -0.15) is 0 Å². The number of amides is 1. The summed E-state index contributed by atoms with van der Waals surface area (Å²) in [6, 6.07) is 1.74. The molecule has 0 aromatic carbocycles. The summed E-state index contributed by atoms with van der Waals surface area (Å²) in [6.07, 6.45) is 2.02. The lowest BCUT2D eigenvalue weighted by Gasteiger charge is -2.08. The molecule has 1 heterocycles. The van der Waals surface area contributed by atoms with Gasteiger partial charge in [-0.05, 0) is 25.8 Å². The Bertz CT molecular complexity index is 501. The molecule has 0 atom stereocenters. The van der Waals surface area contributed by atoms with Gasteiger partial charge in [0.25, 0.3) is 0 Å². The van der Waals surface area contributed by atoms with E-state index in [9.17, 15) is 4.79 Å². The number of rotatable bonds is 6. The summed E-state index contributed by atoms with van der Waals surface area (Å²) in [5.41, 5.74) is 6.88. The Balaban J connectivity index is 1.81. The first kappa shape index (κ1) is 13.7. The third kappa shape index (κ3) is 4.13. The van der Waals surface area contributed by atoms with E-state index < -0.39 is 0 Å². The normalized spacial score (nSPS) is 13.9. The second-order valence-electron chi connectivity index (χ2n) is 4.57. The largest absolute Gasteiger partial charge is 0.388 e. The van der Waals surface area contributed by atoms with E-state index in [0.717, 1.165) is 18.5 Å². The van der Waals surface area contributed by atoms with E-state index in [1.54, 1.807) is 6.07 Å². The van der Waals surface area contributed by atoms with Crippen molar-refractivity contribution < 1.29 is 4.79 Å². The van der Waals surface area contributed by atoms with E-state index >= 15 is 0 Å². The number of aromatic nitrogens is 2. The van der Waals surface area contributed by atoms with Crippen molar-refractivity contribution in [1.82, 2.24) is 15.3 Å². The molecule has 19 heavy (non-hydrogen) atoms. The van der Waals surface area contributed by atoms with Gasteiger partial charge in [0.15, 0.2) is 0 Å². The number of nitrogens with two attached hydrogens (primary N) is 1. The Kier molecular flexibility index (Phi) is 4.26. The van der Waals surface area contributed by atoms with E-state index in [0.29, 0.717) is 24.7 Å². The minimum absolute atomic E-state index is 0.135. The lowest BCUT2D eigenvalue weighted by molar-refractivity contribution is -0.122. The average molecular weight is 279 g/mol. The van der Waals surface area contributed by atoms with Gasteiger partial charge in [-0.15, -0.1) is 0 Å². The molecule has 2 rings (SSSR count). The fourth-order valence-electron chi connectivity index (χ4n) is 1.62. The summed E-state index contributed by atoms with van der Waals surface area (Å²) >= 11 is 4.89. The molecule has 1 aromatic heterocycles. The molecule has 1 saturated carbocycles. The van der Waals surface area contributed by atoms with Gasteiger partial charge in [0.05, 0.1) is 0 Å². The number of anilines is 1. The topological polar surface area (TPSA) is 92.9 Å². The number of aryl methyl sites for hydroxylation is 1. The first-order chi connectivity index (χ1) is 9.06. The fourth-order valence-corrected chi connectivity index (χ4v) is 1.73. The molecule has 6 nitrogen and oxygen atoms in total. The first-order valence-corrected chi connectivity index (χ1v) is 6.64. The molecule has 0 bridgehead atoms. The van der Waals surface area contributed by atoms with Crippen molar-refractivity contribution >= 4 is 29.1 Å². The van der Waals surface area contributed by atoms with Crippen molar-refractivity contribution in [3.05, 3.63) is 17.5 Å². The van der Waals surface area contributed by atoms with Crippen molar-refractivity contribution in [2.45, 2.75) is 19.8 Å². The molecule has 0 unspecified atom stereocenters. The lowest BCUT2D eigenvalue weighted by Crippen LogP contribution is -2.30. The second-order valence-corrected chi connectivity index (χ2v) is 5.01. The number of nitrogens with zero attached hydrogens (tertiary/aromatic N) is 2. The molecular formula is C12H17N5OS. The summed E-state index contributed by atoms with van der Waals surface area (Å²) in [5.74, 6) is 0.843. The number of hydrogen-bond acceptors (Lipinski definition) is 5. The zero-order valence-electron chi connectivity index (χ0n) is 10.8. The molecule has 0 saturated heterocycles. The highest BCUT2D eigenvalue weighted by atomic mass is 32.1. The summed E-state index contributed by atoms with van der Waals surface area (Å²) in [4.78, 5) is 20.1. The molecule has 1 fully saturated rings. The van der Waals surface area contributed by atoms with Gasteiger partial charge in [0.1, 0.15) is 10.7 Å². The molecule has 0 aliphatic heterocycles. The van der Waals surface area contributed by atoms with Gasteiger partial charge < -0.3 is 16.4 Å². The highest BCUT2D eigenvalue weighted by Crippen LogP contribution is 2.28. The molecule has 1 aliphatic carbocycles. The van der Waals surface area contributed by atoms with Gasteiger partial charge in [-0.1, -0.05) is 12.2 Å². The van der Waals surface area contributed by atoms with Gasteiger partial charge in [0, 0.05) is 24.7 Å². The molecule has 102 valence electrons. The van der Waals surface area contributed by atoms with E-state index in [1.807, 2.05) is 6.92 Å². The molecule has 0 radical (unpaired) electrons. The first-order valence-electron chi connectivity index (χ1n) is 6.23. The number of carbonyl (C=O) groups is 1. The van der Waals surface area contributed by atoms with Crippen LogP contribution in [0.2, 0.25) is 0 Å². The number of hydrogen-bond donors (Lipinski definition) is 3. The number of thiocarbonyl (C=S) groups is 1. The maximum absolute atomic E-state index is 11.4. The van der Waals surface area contributed by atoms with Crippen molar-refractivity contribution in [3.63, 3.8) is 0 Å². The Morgan fingerprint density at radius 2 is 2.21 bits per heavy atom. The predicted octanol–water partition coefficient (Wildman–Crippen LogP) is 0.357. The second kappa shape index (κ2) is 5.92. The van der Waals surface area contributed by atoms with Crippen LogP contribution in [-0.4, -0.2) is 34.0 Å². The summed E-state index contributed by atoms with van der Waals surface area (Å²) in [6.45, 7) is 2.97. The highest BCUT2D eigenvalue weighted by molar-refractivity contribution is 7.80. The molecule has 4 N–H and O–H groups in total. The molecule has 7 heteroatoms. The summed E-state index contributed by atoms with van der Waals surface area (Å²) < 4.78 is 0. The Morgan fingerprint density at radius 1 is 1.47 bits per heavy atom. The van der Waals surface area contributed by atoms with Crippen LogP contribution in [0.1, 0.15) is 24.2 Å². The average Bonchev–Trinajstić information content (AvgIpc) is 3.17. The van der Waals surface area contributed by atoms with Gasteiger partial charge in [-0.25, -0.2) is 9.97 Å². The predicted molar refractivity (Wildman–Crippen MR) is 76.9 cm³/mol. The van der Waals surface area contributed by atoms with Gasteiger partial charge >= 0.3 is 0 Å². The maximum Gasteiger partial charge on any atom is 0.223 e. The fraction of sp³-hybridized carbons (Fsp3) is 0.500. The molecule has 0 spiro atoms. The third-order valence-electron chi connectivity index (χ3n) is 2.76. The third-order valence-corrected chi connectivity index (χ3v) is 2.97. The molecule has 1 aliphatic rings. The zero-order valence-corrected chi connectivity index (χ0v) is 11.6. The van der Waals surface area contributed by atoms with Crippen LogP contribution < -0.4 is 16.4 Å². The Hall–Kier alpha value is -1.76. The molecule has 1 aromatic rings. The molecule has 1 amide bonds. The standard InChI is InChI=1S/C12H17N5OS/c1-7-6-9(10(13)19)17-12(16-7)15-5-4-14-11(18)8-2-3-8/h6,8H,2-5H2,1H3,(H2,13,19)(H,14,18)(H,15,16,17). The van der Waals surface area contributed by atoms with Crippen LogP contribution in [0.15, 0.2) is 6.07 Å². The number of nitrogens with one attached hydrogen (secondary N) is 2. The SMILES string of the molecule is Cc1cc(C(N)=S)nc(NCCNC(=O)C2CC2)n1. The Labute approximate surface area is 117 Å². The highest BCUT2D eigenvalue weighted by Gasteiger charge is 2.28. The van der Waals surface area contributed by atoms with Crippen LogP contribution in [0.3, 0.4) is 0 Å². The maximum atomic E-state index is 11.4.